The van der Waals surface area contributed by atoms with Crippen LogP contribution in [0.2, 0.25) is 5.02 Å². The lowest BCUT2D eigenvalue weighted by Gasteiger charge is -2.34. The number of hydrogen-bond donors (Lipinski definition) is 2. The summed E-state index contributed by atoms with van der Waals surface area (Å²) in [4.78, 5) is 12.1. The van der Waals surface area contributed by atoms with E-state index in [1.54, 1.807) is 12.1 Å². The van der Waals surface area contributed by atoms with Gasteiger partial charge in [0.05, 0.1) is 28.7 Å². The number of halogens is 1. The Labute approximate surface area is 169 Å². The maximum atomic E-state index is 12.5. The van der Waals surface area contributed by atoms with Gasteiger partial charge < -0.3 is 24.8 Å². The lowest BCUT2D eigenvalue weighted by molar-refractivity contribution is -0.0440. The topological polar surface area (TPSA) is 106 Å². The zero-order chi connectivity index (χ0) is 20.3. The third kappa shape index (κ3) is 5.19. The first-order chi connectivity index (χ1) is 13.2. The summed E-state index contributed by atoms with van der Waals surface area (Å²) < 4.78 is 42.8. The molecule has 28 heavy (non-hydrogen) atoms. The number of amides is 2. The maximum absolute atomic E-state index is 12.5. The number of carbonyl (C=O) groups excluding carboxylic acids is 1. The predicted octanol–water partition coefficient (Wildman–Crippen LogP) is 1.67. The van der Waals surface area contributed by atoms with Crippen LogP contribution in [0, 0.1) is 0 Å². The molecule has 1 saturated heterocycles. The van der Waals surface area contributed by atoms with E-state index in [1.165, 1.54) is 4.31 Å². The summed E-state index contributed by atoms with van der Waals surface area (Å²) in [6.07, 6.45) is -0.320. The highest BCUT2D eigenvalue weighted by Gasteiger charge is 2.30. The Balaban J connectivity index is 1.52. The second-order valence-corrected chi connectivity index (χ2v) is 9.24. The summed E-state index contributed by atoms with van der Waals surface area (Å²) in [5.74, 6) is 0.806. The highest BCUT2D eigenvalue weighted by molar-refractivity contribution is 7.89. The Bertz CT molecular complexity index is 824. The molecule has 1 aromatic rings. The normalized spacial score (nSPS) is 22.5. The zero-order valence-corrected chi connectivity index (χ0v) is 17.3. The van der Waals surface area contributed by atoms with Gasteiger partial charge in [-0.3, -0.25) is 0 Å². The summed E-state index contributed by atoms with van der Waals surface area (Å²) in [6, 6.07) is 2.58. The largest absolute Gasteiger partial charge is 0.486 e. The molecule has 3 rings (SSSR count). The van der Waals surface area contributed by atoms with Gasteiger partial charge in [0.2, 0.25) is 10.0 Å². The summed E-state index contributed by atoms with van der Waals surface area (Å²) in [6.45, 7) is 5.11. The van der Waals surface area contributed by atoms with Crippen LogP contribution in [0.3, 0.4) is 0 Å². The van der Waals surface area contributed by atoms with Crippen LogP contribution in [-0.4, -0.2) is 69.6 Å². The van der Waals surface area contributed by atoms with Gasteiger partial charge in [-0.1, -0.05) is 11.6 Å². The van der Waals surface area contributed by atoms with Gasteiger partial charge in [-0.05, 0) is 13.8 Å². The molecule has 11 heteroatoms. The molecule has 2 heterocycles. The molecule has 0 bridgehead atoms. The van der Waals surface area contributed by atoms with E-state index >= 15 is 0 Å². The molecule has 0 aromatic heterocycles. The molecule has 1 aromatic carbocycles. The van der Waals surface area contributed by atoms with Gasteiger partial charge in [-0.15, -0.1) is 0 Å². The van der Waals surface area contributed by atoms with Gasteiger partial charge in [-0.25, -0.2) is 13.2 Å². The number of urea groups is 1. The number of ether oxygens (including phenoxy) is 3. The van der Waals surface area contributed by atoms with Crippen LogP contribution < -0.4 is 20.1 Å². The smallest absolute Gasteiger partial charge is 0.319 e. The Kier molecular flexibility index (Phi) is 6.54. The van der Waals surface area contributed by atoms with E-state index in [-0.39, 0.29) is 24.5 Å². The number of nitrogens with one attached hydrogen (secondary N) is 2. The molecular weight excluding hydrogens is 410 g/mol. The van der Waals surface area contributed by atoms with Crippen LogP contribution in [-0.2, 0) is 14.8 Å². The molecule has 9 nitrogen and oxygen atoms in total. The third-order valence-electron chi connectivity index (χ3n) is 4.31. The maximum Gasteiger partial charge on any atom is 0.319 e. The van der Waals surface area contributed by atoms with Gasteiger partial charge in [0.15, 0.2) is 11.5 Å². The van der Waals surface area contributed by atoms with E-state index in [2.05, 4.69) is 10.6 Å². The molecule has 156 valence electrons. The second-order valence-electron chi connectivity index (χ2n) is 6.75. The Morgan fingerprint density at radius 2 is 1.79 bits per heavy atom. The molecule has 2 atom stereocenters. The average molecular weight is 434 g/mol. The lowest BCUT2D eigenvalue weighted by atomic mass is 10.2. The van der Waals surface area contributed by atoms with Crippen LogP contribution >= 0.6 is 11.6 Å². The number of anilines is 1. The van der Waals surface area contributed by atoms with Crippen molar-refractivity contribution in [3.05, 3.63) is 17.2 Å². The monoisotopic (exact) mass is 433 g/mol. The van der Waals surface area contributed by atoms with Crippen LogP contribution in [0.25, 0.3) is 0 Å². The van der Waals surface area contributed by atoms with E-state index in [1.807, 2.05) is 13.8 Å². The zero-order valence-electron chi connectivity index (χ0n) is 15.7. The molecule has 0 radical (unpaired) electrons. The molecule has 2 aliphatic heterocycles. The van der Waals surface area contributed by atoms with Gasteiger partial charge >= 0.3 is 6.03 Å². The molecule has 2 N–H and O–H groups in total. The van der Waals surface area contributed by atoms with E-state index in [0.717, 1.165) is 0 Å². The van der Waals surface area contributed by atoms with Crippen LogP contribution in [0.4, 0.5) is 10.5 Å². The van der Waals surface area contributed by atoms with E-state index < -0.39 is 16.1 Å². The van der Waals surface area contributed by atoms with Crippen molar-refractivity contribution in [1.82, 2.24) is 9.62 Å². The summed E-state index contributed by atoms with van der Waals surface area (Å²) >= 11 is 6.15. The SMILES string of the molecule is C[C@@H]1CN(S(=O)(=O)CCNC(=O)Nc2cc3c(cc2Cl)OCCO3)C[C@H](C)O1. The first kappa shape index (κ1) is 21.0. The number of fused-ring (bicyclic) bond motifs is 1. The number of sulfonamides is 1. The molecule has 1 fully saturated rings. The summed E-state index contributed by atoms with van der Waals surface area (Å²) in [5.41, 5.74) is 0.349. The van der Waals surface area contributed by atoms with Crippen molar-refractivity contribution in [3.63, 3.8) is 0 Å². The third-order valence-corrected chi connectivity index (χ3v) is 6.42. The second kappa shape index (κ2) is 8.73. The molecule has 2 aliphatic rings. The van der Waals surface area contributed by atoms with Crippen molar-refractivity contribution in [2.75, 3.05) is 43.9 Å². The van der Waals surface area contributed by atoms with Gasteiger partial charge in [-0.2, -0.15) is 4.31 Å². The van der Waals surface area contributed by atoms with Gasteiger partial charge in [0.1, 0.15) is 13.2 Å². The van der Waals surface area contributed by atoms with E-state index in [0.29, 0.717) is 48.5 Å². The number of nitrogens with zero attached hydrogens (tertiary/aromatic N) is 1. The highest BCUT2D eigenvalue weighted by atomic mass is 35.5. The fourth-order valence-corrected chi connectivity index (χ4v) is 4.80. The fourth-order valence-electron chi connectivity index (χ4n) is 3.11. The van der Waals surface area contributed by atoms with Crippen molar-refractivity contribution < 1.29 is 27.4 Å². The standard InChI is InChI=1S/C17H24ClN3O6S/c1-11-9-21(10-12(2)27-11)28(23,24)6-3-19-17(22)20-14-8-16-15(7-13(14)18)25-4-5-26-16/h7-8,11-12H,3-6,9-10H2,1-2H3,(H2,19,20,22)/t11-,12+. The van der Waals surface area contributed by atoms with Crippen LogP contribution in [0.15, 0.2) is 12.1 Å². The first-order valence-electron chi connectivity index (χ1n) is 9.02. The Hall–Kier alpha value is -1.75. The number of hydrogen-bond acceptors (Lipinski definition) is 6. The minimum Gasteiger partial charge on any atom is -0.486 e. The number of carbonyl (C=O) groups is 1. The molecular formula is C17H24ClN3O6S. The minimum atomic E-state index is -3.49. The molecule has 0 spiro atoms. The van der Waals surface area contributed by atoms with Crippen LogP contribution in [0.5, 0.6) is 11.5 Å². The Morgan fingerprint density at radius 3 is 2.43 bits per heavy atom. The number of morpholine rings is 1. The highest BCUT2D eigenvalue weighted by Crippen LogP contribution is 2.37. The fraction of sp³-hybridized carbons (Fsp3) is 0.588. The predicted molar refractivity (Wildman–Crippen MR) is 105 cm³/mol. The van der Waals surface area contributed by atoms with E-state index in [9.17, 15) is 13.2 Å². The van der Waals surface area contributed by atoms with Crippen LogP contribution in [0.1, 0.15) is 13.8 Å². The lowest BCUT2D eigenvalue weighted by Crippen LogP contribution is -2.49. The summed E-state index contributed by atoms with van der Waals surface area (Å²) in [7, 11) is -3.49. The summed E-state index contributed by atoms with van der Waals surface area (Å²) in [5, 5.41) is 5.43. The number of rotatable bonds is 5. The van der Waals surface area contributed by atoms with Crippen molar-refractivity contribution >= 4 is 33.3 Å². The molecule has 0 unspecified atom stereocenters. The molecule has 0 aliphatic carbocycles. The van der Waals surface area contributed by atoms with Crippen molar-refractivity contribution in [1.29, 1.82) is 0 Å². The van der Waals surface area contributed by atoms with E-state index in [4.69, 9.17) is 25.8 Å². The van der Waals surface area contributed by atoms with Crippen molar-refractivity contribution in [2.24, 2.45) is 0 Å². The average Bonchev–Trinajstić information content (AvgIpc) is 2.61. The Morgan fingerprint density at radius 1 is 1.18 bits per heavy atom. The quantitative estimate of drug-likeness (QED) is 0.731. The van der Waals surface area contributed by atoms with Gasteiger partial charge in [0.25, 0.3) is 0 Å². The number of benzene rings is 1. The molecule has 0 saturated carbocycles. The molecule has 2 amide bonds. The van der Waals surface area contributed by atoms with Gasteiger partial charge in [0, 0.05) is 31.8 Å². The minimum absolute atomic E-state index is 0.0313. The first-order valence-corrected chi connectivity index (χ1v) is 11.0. The van der Waals surface area contributed by atoms with Crippen molar-refractivity contribution in [3.8, 4) is 11.5 Å². The van der Waals surface area contributed by atoms with Crippen molar-refractivity contribution in [2.45, 2.75) is 26.1 Å².